The molecule has 1 atom stereocenters. The Balaban J connectivity index is 2.63. The van der Waals surface area contributed by atoms with Crippen LogP contribution in [0.5, 0.6) is 5.75 Å². The molecule has 2 rings (SSSR count). The monoisotopic (exact) mass is 248 g/mol. The second-order valence-corrected chi connectivity index (χ2v) is 4.05. The van der Waals surface area contributed by atoms with Gasteiger partial charge in [-0.1, -0.05) is 0 Å². The van der Waals surface area contributed by atoms with Crippen molar-refractivity contribution in [1.29, 1.82) is 0 Å². The van der Waals surface area contributed by atoms with E-state index in [0.29, 0.717) is 12.2 Å². The van der Waals surface area contributed by atoms with Crippen molar-refractivity contribution in [2.75, 3.05) is 7.11 Å². The molecule has 5 nitrogen and oxygen atoms in total. The standard InChI is InChI=1S/C13H16N2O3/c1-3-15-10-5-4-9(18-2)6-8(10)7-11(15)12(14)13(16)17/h4-7,12H,3,14H2,1-2H3,(H,16,17). The molecular formula is C13H16N2O3. The van der Waals surface area contributed by atoms with Gasteiger partial charge in [0.15, 0.2) is 0 Å². The number of ether oxygens (including phenoxy) is 1. The van der Waals surface area contributed by atoms with Gasteiger partial charge in [0, 0.05) is 23.1 Å². The third-order valence-corrected chi connectivity index (χ3v) is 3.04. The van der Waals surface area contributed by atoms with E-state index in [0.717, 1.165) is 16.7 Å². The van der Waals surface area contributed by atoms with Gasteiger partial charge in [-0.15, -0.1) is 0 Å². The van der Waals surface area contributed by atoms with Crippen LogP contribution in [0.15, 0.2) is 24.3 Å². The summed E-state index contributed by atoms with van der Waals surface area (Å²) in [4.78, 5) is 11.0. The zero-order valence-corrected chi connectivity index (χ0v) is 10.4. The molecule has 0 amide bonds. The number of aromatic nitrogens is 1. The highest BCUT2D eigenvalue weighted by molar-refractivity contribution is 5.85. The Morgan fingerprint density at radius 1 is 1.50 bits per heavy atom. The van der Waals surface area contributed by atoms with Crippen LogP contribution in [0.2, 0.25) is 0 Å². The van der Waals surface area contributed by atoms with Crippen molar-refractivity contribution in [3.05, 3.63) is 30.0 Å². The minimum absolute atomic E-state index is 0.605. The summed E-state index contributed by atoms with van der Waals surface area (Å²) >= 11 is 0. The van der Waals surface area contributed by atoms with Crippen molar-refractivity contribution in [2.45, 2.75) is 19.5 Å². The maximum atomic E-state index is 11.0. The SMILES string of the molecule is CCn1c(C(N)C(=O)O)cc2cc(OC)ccc21. The molecule has 0 fully saturated rings. The molecule has 18 heavy (non-hydrogen) atoms. The number of carboxylic acids is 1. The van der Waals surface area contributed by atoms with E-state index < -0.39 is 12.0 Å². The molecule has 0 spiro atoms. The van der Waals surface area contributed by atoms with Crippen LogP contribution in [0.1, 0.15) is 18.7 Å². The summed E-state index contributed by atoms with van der Waals surface area (Å²) < 4.78 is 7.07. The van der Waals surface area contributed by atoms with E-state index in [-0.39, 0.29) is 0 Å². The second kappa shape index (κ2) is 4.70. The summed E-state index contributed by atoms with van der Waals surface area (Å²) in [5.41, 5.74) is 7.26. The average Bonchev–Trinajstić information content (AvgIpc) is 2.74. The Kier molecular flexibility index (Phi) is 3.25. The number of aliphatic carboxylic acids is 1. The Bertz CT molecular complexity index is 589. The fourth-order valence-electron chi connectivity index (χ4n) is 2.13. The molecule has 96 valence electrons. The highest BCUT2D eigenvalue weighted by Gasteiger charge is 2.20. The van der Waals surface area contributed by atoms with Gasteiger partial charge in [0.2, 0.25) is 0 Å². The van der Waals surface area contributed by atoms with Crippen LogP contribution in [-0.2, 0) is 11.3 Å². The quantitative estimate of drug-likeness (QED) is 0.864. The first-order valence-corrected chi connectivity index (χ1v) is 5.74. The molecule has 5 heteroatoms. The van der Waals surface area contributed by atoms with Crippen LogP contribution in [0.25, 0.3) is 10.9 Å². The maximum absolute atomic E-state index is 11.0. The summed E-state index contributed by atoms with van der Waals surface area (Å²) in [5.74, 6) is -0.286. The van der Waals surface area contributed by atoms with E-state index in [1.165, 1.54) is 0 Å². The molecule has 1 heterocycles. The molecule has 2 aromatic rings. The fraction of sp³-hybridized carbons (Fsp3) is 0.308. The van der Waals surface area contributed by atoms with Gasteiger partial charge in [0.25, 0.3) is 0 Å². The maximum Gasteiger partial charge on any atom is 0.326 e. The van der Waals surface area contributed by atoms with E-state index >= 15 is 0 Å². The lowest BCUT2D eigenvalue weighted by atomic mass is 10.2. The molecule has 0 aliphatic heterocycles. The fourth-order valence-corrected chi connectivity index (χ4v) is 2.13. The Hall–Kier alpha value is -2.01. The number of carboxylic acid groups (broad SMARTS) is 1. The number of benzene rings is 1. The molecule has 0 aliphatic carbocycles. The summed E-state index contributed by atoms with van der Waals surface area (Å²) in [6.45, 7) is 2.63. The number of hydrogen-bond acceptors (Lipinski definition) is 3. The number of fused-ring (bicyclic) bond motifs is 1. The van der Waals surface area contributed by atoms with Gasteiger partial charge in [0.05, 0.1) is 7.11 Å². The third kappa shape index (κ3) is 1.93. The minimum atomic E-state index is -1.03. The lowest BCUT2D eigenvalue weighted by molar-refractivity contribution is -0.138. The second-order valence-electron chi connectivity index (χ2n) is 4.05. The Labute approximate surface area is 105 Å². The smallest absolute Gasteiger partial charge is 0.326 e. The average molecular weight is 248 g/mol. The van der Waals surface area contributed by atoms with Crippen molar-refractivity contribution < 1.29 is 14.6 Å². The van der Waals surface area contributed by atoms with Crippen LogP contribution < -0.4 is 10.5 Å². The first-order chi connectivity index (χ1) is 8.58. The lowest BCUT2D eigenvalue weighted by Crippen LogP contribution is -2.23. The highest BCUT2D eigenvalue weighted by Crippen LogP contribution is 2.27. The number of methoxy groups -OCH3 is 1. The number of nitrogens with zero attached hydrogens (tertiary/aromatic N) is 1. The highest BCUT2D eigenvalue weighted by atomic mass is 16.5. The summed E-state index contributed by atoms with van der Waals surface area (Å²) in [5, 5.41) is 9.95. The summed E-state index contributed by atoms with van der Waals surface area (Å²) in [6, 6.07) is 6.43. The predicted molar refractivity (Wildman–Crippen MR) is 68.7 cm³/mol. The van der Waals surface area contributed by atoms with Gasteiger partial charge >= 0.3 is 5.97 Å². The van der Waals surface area contributed by atoms with Crippen LogP contribution in [0.4, 0.5) is 0 Å². The first kappa shape index (κ1) is 12.4. The third-order valence-electron chi connectivity index (χ3n) is 3.04. The van der Waals surface area contributed by atoms with E-state index in [9.17, 15) is 4.79 Å². The number of hydrogen-bond donors (Lipinski definition) is 2. The first-order valence-electron chi connectivity index (χ1n) is 5.74. The van der Waals surface area contributed by atoms with Crippen LogP contribution in [0, 0.1) is 0 Å². The largest absolute Gasteiger partial charge is 0.497 e. The lowest BCUT2D eigenvalue weighted by Gasteiger charge is -2.11. The molecule has 1 aromatic heterocycles. The number of nitrogens with two attached hydrogens (primary N) is 1. The zero-order valence-electron chi connectivity index (χ0n) is 10.4. The van der Waals surface area contributed by atoms with Gasteiger partial charge in [0.1, 0.15) is 11.8 Å². The summed E-state index contributed by atoms with van der Waals surface area (Å²) in [6.07, 6.45) is 0. The number of aryl methyl sites for hydroxylation is 1. The molecule has 1 aromatic carbocycles. The molecule has 0 bridgehead atoms. The Morgan fingerprint density at radius 2 is 2.22 bits per heavy atom. The topological polar surface area (TPSA) is 77.5 Å². The molecule has 3 N–H and O–H groups in total. The van der Waals surface area contributed by atoms with Crippen LogP contribution >= 0.6 is 0 Å². The zero-order chi connectivity index (χ0) is 13.3. The minimum Gasteiger partial charge on any atom is -0.497 e. The Morgan fingerprint density at radius 3 is 2.78 bits per heavy atom. The molecule has 1 unspecified atom stereocenters. The normalized spacial score (nSPS) is 12.6. The van der Waals surface area contributed by atoms with Gasteiger partial charge < -0.3 is 20.1 Å². The summed E-state index contributed by atoms with van der Waals surface area (Å²) in [7, 11) is 1.60. The van der Waals surface area contributed by atoms with Gasteiger partial charge in [-0.3, -0.25) is 4.79 Å². The van der Waals surface area contributed by atoms with Crippen molar-refractivity contribution in [2.24, 2.45) is 5.73 Å². The van der Waals surface area contributed by atoms with Crippen LogP contribution in [0.3, 0.4) is 0 Å². The van der Waals surface area contributed by atoms with Gasteiger partial charge in [-0.05, 0) is 31.2 Å². The molecule has 0 aliphatic rings. The molecular weight excluding hydrogens is 232 g/mol. The van der Waals surface area contributed by atoms with E-state index in [4.69, 9.17) is 15.6 Å². The molecule has 0 saturated heterocycles. The molecule has 0 saturated carbocycles. The van der Waals surface area contributed by atoms with Crippen molar-refractivity contribution in [3.63, 3.8) is 0 Å². The van der Waals surface area contributed by atoms with Crippen molar-refractivity contribution in [1.82, 2.24) is 4.57 Å². The van der Waals surface area contributed by atoms with Crippen molar-refractivity contribution in [3.8, 4) is 5.75 Å². The van der Waals surface area contributed by atoms with Gasteiger partial charge in [-0.25, -0.2) is 0 Å². The van der Waals surface area contributed by atoms with E-state index in [2.05, 4.69) is 0 Å². The number of carbonyl (C=O) groups is 1. The number of rotatable bonds is 4. The van der Waals surface area contributed by atoms with E-state index in [1.807, 2.05) is 29.7 Å². The predicted octanol–water partition coefficient (Wildman–Crippen LogP) is 1.75. The molecule has 0 radical (unpaired) electrons. The van der Waals surface area contributed by atoms with Crippen LogP contribution in [-0.4, -0.2) is 22.8 Å². The van der Waals surface area contributed by atoms with Gasteiger partial charge in [-0.2, -0.15) is 0 Å². The van der Waals surface area contributed by atoms with E-state index in [1.54, 1.807) is 13.2 Å². The van der Waals surface area contributed by atoms with Crippen molar-refractivity contribution >= 4 is 16.9 Å².